The highest BCUT2D eigenvalue weighted by molar-refractivity contribution is 7.88. The van der Waals surface area contributed by atoms with Crippen molar-refractivity contribution >= 4 is 109 Å². The second-order valence-corrected chi connectivity index (χ2v) is 29.3. The second-order valence-electron chi connectivity index (χ2n) is 22.2. The molecule has 0 saturated carbocycles. The Morgan fingerprint density at radius 2 is 0.918 bits per heavy atom. The number of carbonyl (C=O) groups excluding carboxylic acids is 1. The Morgan fingerprint density at radius 1 is 0.518 bits per heavy atom. The minimum Gasteiger partial charge on any atom is -0.361 e. The molecule has 4 aliphatic rings. The molecular weight excluding hydrogens is 1200 g/mol. The van der Waals surface area contributed by atoms with Gasteiger partial charge in [0.1, 0.15) is 23.3 Å². The number of nitrogens with one attached hydrogen (secondary N) is 4. The van der Waals surface area contributed by atoms with Gasteiger partial charge in [0.2, 0.25) is 15.9 Å². The Labute approximate surface area is 503 Å². The zero-order valence-corrected chi connectivity index (χ0v) is 52.0. The van der Waals surface area contributed by atoms with Gasteiger partial charge in [-0.2, -0.15) is 34.1 Å². The number of aromatic amines is 4. The molecule has 458 valence electrons. The van der Waals surface area contributed by atoms with Crippen LogP contribution in [-0.2, 0) is 35.2 Å². The van der Waals surface area contributed by atoms with E-state index in [0.29, 0.717) is 57.5 Å². The van der Waals surface area contributed by atoms with Crippen LogP contribution in [0.5, 0.6) is 0 Å². The van der Waals surface area contributed by atoms with E-state index >= 15 is 0 Å². The normalized spacial score (nSPS) is 17.7. The van der Waals surface area contributed by atoms with Gasteiger partial charge in [-0.1, -0.05) is 29.3 Å². The van der Waals surface area contributed by atoms with Gasteiger partial charge >= 0.3 is 0 Å². The first kappa shape index (κ1) is 63.7. The van der Waals surface area contributed by atoms with Gasteiger partial charge in [0.15, 0.2) is 0 Å². The van der Waals surface area contributed by atoms with E-state index < -0.39 is 42.1 Å². The number of likely N-dealkylation sites (tertiary alicyclic amines) is 1. The van der Waals surface area contributed by atoms with Crippen LogP contribution < -0.4 is 0 Å². The molecule has 4 aromatic carbocycles. The Kier molecular flexibility index (Phi) is 19.7. The van der Waals surface area contributed by atoms with Gasteiger partial charge in [-0.25, -0.2) is 30.3 Å². The summed E-state index contributed by atoms with van der Waals surface area (Å²) < 4.78 is 132. The Morgan fingerprint density at radius 3 is 1.35 bits per heavy atom. The molecule has 4 aliphatic heterocycles. The number of rotatable bonds is 9. The summed E-state index contributed by atoms with van der Waals surface area (Å²) in [5.74, 6) is -0.294. The maximum atomic E-state index is 13.5. The van der Waals surface area contributed by atoms with E-state index in [2.05, 4.69) is 19.9 Å². The summed E-state index contributed by atoms with van der Waals surface area (Å²) in [6.45, 7) is 6.02. The number of H-pyrrole nitrogens is 4. The van der Waals surface area contributed by atoms with Crippen molar-refractivity contribution in [1.29, 1.82) is 0 Å². The lowest BCUT2D eigenvalue weighted by Crippen LogP contribution is -2.44. The van der Waals surface area contributed by atoms with Crippen molar-refractivity contribution < 1.29 is 47.6 Å². The monoisotopic (exact) mass is 1270 g/mol. The van der Waals surface area contributed by atoms with Crippen LogP contribution in [0.25, 0.3) is 49.2 Å². The first-order chi connectivity index (χ1) is 40.2. The van der Waals surface area contributed by atoms with Crippen LogP contribution in [0.2, 0.25) is 10.0 Å². The fraction of sp³-hybridized carbons (Fsp3) is 0.407. The number of aromatic nitrogens is 4. The van der Waals surface area contributed by atoms with Crippen LogP contribution in [0, 0.1) is 23.3 Å². The summed E-state index contributed by atoms with van der Waals surface area (Å²) in [4.78, 5) is 25.6. The molecule has 0 spiro atoms. The zero-order chi connectivity index (χ0) is 61.3. The Bertz CT molecular complexity index is 4110. The molecule has 26 heteroatoms. The van der Waals surface area contributed by atoms with Crippen molar-refractivity contribution in [2.75, 3.05) is 86.8 Å². The highest BCUT2D eigenvalue weighted by Gasteiger charge is 2.32. The number of hydrogen-bond donors (Lipinski definition) is 4. The summed E-state index contributed by atoms with van der Waals surface area (Å²) in [6, 6.07) is 15.6. The summed E-state index contributed by atoms with van der Waals surface area (Å²) in [5, 5.41) is 4.14. The first-order valence-corrected chi connectivity index (χ1v) is 33.3. The van der Waals surface area contributed by atoms with Crippen LogP contribution >= 0.6 is 23.2 Å². The smallest absolute Gasteiger partial charge is 0.281 e. The van der Waals surface area contributed by atoms with Crippen molar-refractivity contribution in [1.82, 2.24) is 46.4 Å². The molecule has 8 heterocycles. The van der Waals surface area contributed by atoms with Crippen molar-refractivity contribution in [3.63, 3.8) is 0 Å². The number of sulfonamides is 1. The molecule has 3 saturated heterocycles. The van der Waals surface area contributed by atoms with Crippen LogP contribution in [-0.4, -0.2) is 164 Å². The number of carbonyl (C=O) groups is 1. The lowest BCUT2D eigenvalue weighted by Gasteiger charge is -2.32. The average molecular weight is 1270 g/mol. The van der Waals surface area contributed by atoms with E-state index in [1.807, 2.05) is 35.8 Å². The van der Waals surface area contributed by atoms with Gasteiger partial charge in [0.25, 0.3) is 20.4 Å². The fourth-order valence-electron chi connectivity index (χ4n) is 11.7. The van der Waals surface area contributed by atoms with Crippen LogP contribution in [0.3, 0.4) is 0 Å². The van der Waals surface area contributed by atoms with Crippen molar-refractivity contribution in [3.8, 4) is 0 Å². The largest absolute Gasteiger partial charge is 0.361 e. The minimum absolute atomic E-state index is 0.108. The maximum absolute atomic E-state index is 13.5. The highest BCUT2D eigenvalue weighted by atomic mass is 35.5. The standard InChI is InChI=1S/C15H16ClFN2O.C15H20FN3O2S.C15H18FN3O2S.C14H16ClFN2O2S/c1-9(20)19-4-2-10(3-5-19)12-8-18-15-7-14(17)13(16)6-11(12)15;2*1-18(2)22(20,21)19-7-5-11(6-8-19)14-10-17-15-9-12(16)3-4-13(14)15;1-21(19,20)18-4-2-9(3-5-18)11-8-17-14-7-13(16)12(15)6-10(11)14/h6-8,10,18H,2-5H2,1H3;3-4,9-11,17H,5-8H2,1-2H3;3-5,9-10,17H,6-8H2,1-2H3;6-9,17H,2-5H2,1H3. The molecule has 4 aromatic heterocycles. The molecule has 3 fully saturated rings. The molecule has 8 aromatic rings. The SMILES string of the molecule is CC(=O)N1CCC(c2c[nH]c3cc(F)c(Cl)cc23)CC1.CN(C)S(=O)(=O)N1CC=C(c2c[nH]c3cc(F)ccc23)CC1.CN(C)S(=O)(=O)N1CCC(c2c[nH]c3cc(F)ccc23)CC1.CS(=O)(=O)N1CCC(c2c[nH]c3cc(F)c(Cl)cc23)CC1. The van der Waals surface area contributed by atoms with Gasteiger partial charge in [-0.05, 0) is 146 Å². The molecule has 12 rings (SSSR count). The molecule has 0 atom stereocenters. The summed E-state index contributed by atoms with van der Waals surface area (Å²) in [6.07, 6.45) is 16.3. The number of hydrogen-bond acceptors (Lipinski definition) is 7. The quantitative estimate of drug-likeness (QED) is 0.103. The highest BCUT2D eigenvalue weighted by Crippen LogP contribution is 2.39. The third-order valence-corrected chi connectivity index (χ3v) is 22.3. The second kappa shape index (κ2) is 26.3. The van der Waals surface area contributed by atoms with Crippen molar-refractivity contribution in [3.05, 3.63) is 147 Å². The molecule has 85 heavy (non-hydrogen) atoms. The topological polar surface area (TPSA) is 202 Å². The third-order valence-electron chi connectivity index (χ3n) is 16.6. The van der Waals surface area contributed by atoms with E-state index in [1.54, 1.807) is 45.3 Å². The lowest BCUT2D eigenvalue weighted by molar-refractivity contribution is -0.129. The number of piperidine rings is 3. The predicted octanol–water partition coefficient (Wildman–Crippen LogP) is 11.3. The lowest BCUT2D eigenvalue weighted by atomic mass is 9.89. The van der Waals surface area contributed by atoms with Crippen molar-refractivity contribution in [2.45, 2.75) is 69.6 Å². The third kappa shape index (κ3) is 14.3. The Balaban J connectivity index is 0.000000136. The van der Waals surface area contributed by atoms with E-state index in [0.717, 1.165) is 117 Å². The van der Waals surface area contributed by atoms with E-state index in [-0.39, 0.29) is 33.5 Å². The predicted molar refractivity (Wildman–Crippen MR) is 329 cm³/mol. The molecule has 0 unspecified atom stereocenters. The molecular formula is C59H70Cl2F4N10O7S3. The molecule has 4 N–H and O–H groups in total. The molecule has 0 bridgehead atoms. The van der Waals surface area contributed by atoms with Gasteiger partial charge in [0, 0.05) is 161 Å². The molecule has 1 amide bonds. The number of fused-ring (bicyclic) bond motifs is 4. The van der Waals surface area contributed by atoms with Gasteiger partial charge < -0.3 is 24.8 Å². The van der Waals surface area contributed by atoms with E-state index in [1.165, 1.54) is 83.8 Å². The maximum Gasteiger partial charge on any atom is 0.281 e. The summed E-state index contributed by atoms with van der Waals surface area (Å²) >= 11 is 11.7. The first-order valence-electron chi connectivity index (χ1n) is 27.9. The van der Waals surface area contributed by atoms with Gasteiger partial charge in [-0.15, -0.1) is 0 Å². The average Bonchev–Trinajstić information content (AvgIpc) is 4.49. The van der Waals surface area contributed by atoms with Crippen LogP contribution in [0.1, 0.15) is 91.9 Å². The summed E-state index contributed by atoms with van der Waals surface area (Å²) in [7, 11) is -3.66. The summed E-state index contributed by atoms with van der Waals surface area (Å²) in [5.41, 5.74) is 8.54. The van der Waals surface area contributed by atoms with E-state index in [9.17, 15) is 47.6 Å². The van der Waals surface area contributed by atoms with Crippen LogP contribution in [0.4, 0.5) is 17.6 Å². The van der Waals surface area contributed by atoms with Gasteiger partial charge in [0.05, 0.1) is 16.3 Å². The fourth-order valence-corrected chi connectivity index (χ4v) is 15.1. The van der Waals surface area contributed by atoms with Gasteiger partial charge in [-0.3, -0.25) is 4.79 Å². The number of halogens is 6. The number of nitrogens with zero attached hydrogens (tertiary/aromatic N) is 6. The van der Waals surface area contributed by atoms with Crippen molar-refractivity contribution in [2.24, 2.45) is 0 Å². The molecule has 17 nitrogen and oxygen atoms in total. The zero-order valence-electron chi connectivity index (χ0n) is 48.0. The Hall–Kier alpha value is -5.80. The van der Waals surface area contributed by atoms with Crippen LogP contribution in [0.15, 0.2) is 91.5 Å². The molecule has 0 aliphatic carbocycles. The minimum atomic E-state index is -3.38. The number of amides is 1. The van der Waals surface area contributed by atoms with E-state index in [4.69, 9.17) is 23.2 Å². The molecule has 0 radical (unpaired) electrons. The number of benzene rings is 4.